The Labute approximate surface area is 148 Å². The number of hydrogen-bond donors (Lipinski definition) is 1. The topological polar surface area (TPSA) is 59.1 Å². The van der Waals surface area contributed by atoms with Crippen molar-refractivity contribution in [3.05, 3.63) is 76.5 Å². The second-order valence-electron chi connectivity index (χ2n) is 5.49. The molecule has 126 valence electrons. The molecule has 0 aliphatic heterocycles. The summed E-state index contributed by atoms with van der Waals surface area (Å²) in [4.78, 5) is 28.7. The number of aryl methyl sites for hydroxylation is 1. The Balaban J connectivity index is 1.67. The summed E-state index contributed by atoms with van der Waals surface area (Å²) >= 11 is 1.51. The molecular formula is C19H15FN2O2S. The number of nitrogens with one attached hydrogen (secondary N) is 1. The van der Waals surface area contributed by atoms with E-state index in [4.69, 9.17) is 0 Å². The molecular weight excluding hydrogens is 339 g/mol. The van der Waals surface area contributed by atoms with Gasteiger partial charge in [0, 0.05) is 27.8 Å². The third-order valence-electron chi connectivity index (χ3n) is 3.57. The zero-order chi connectivity index (χ0) is 17.8. The van der Waals surface area contributed by atoms with Crippen LogP contribution >= 0.6 is 11.3 Å². The maximum Gasteiger partial charge on any atom is 0.251 e. The molecule has 25 heavy (non-hydrogen) atoms. The van der Waals surface area contributed by atoms with Gasteiger partial charge in [0.15, 0.2) is 5.78 Å². The third kappa shape index (κ3) is 4.16. The van der Waals surface area contributed by atoms with E-state index in [1.54, 1.807) is 18.2 Å². The number of benzene rings is 2. The van der Waals surface area contributed by atoms with Gasteiger partial charge in [-0.3, -0.25) is 9.59 Å². The van der Waals surface area contributed by atoms with Crippen molar-refractivity contribution in [2.24, 2.45) is 0 Å². The molecule has 0 bridgehead atoms. The number of Topliss-reactive ketones (excluding diaryl/α,β-unsaturated/α-hetero) is 1. The van der Waals surface area contributed by atoms with E-state index in [2.05, 4.69) is 10.3 Å². The second kappa shape index (κ2) is 7.36. The van der Waals surface area contributed by atoms with E-state index in [1.165, 1.54) is 35.6 Å². The SMILES string of the molecule is Cc1csc(-c2cccc(C(=O)NCC(=O)c3ccc(F)cc3)c2)n1. The van der Waals surface area contributed by atoms with Crippen molar-refractivity contribution in [1.82, 2.24) is 10.3 Å². The minimum atomic E-state index is -0.408. The van der Waals surface area contributed by atoms with Crippen LogP contribution in [-0.2, 0) is 0 Å². The molecule has 0 radical (unpaired) electrons. The first-order valence-electron chi connectivity index (χ1n) is 7.62. The molecule has 1 amide bonds. The van der Waals surface area contributed by atoms with Crippen LogP contribution in [0.4, 0.5) is 4.39 Å². The minimum Gasteiger partial charge on any atom is -0.345 e. The third-order valence-corrected chi connectivity index (χ3v) is 4.58. The Bertz CT molecular complexity index is 919. The van der Waals surface area contributed by atoms with E-state index in [1.807, 2.05) is 18.4 Å². The maximum absolute atomic E-state index is 12.9. The van der Waals surface area contributed by atoms with Crippen LogP contribution in [0.25, 0.3) is 10.6 Å². The molecule has 3 rings (SSSR count). The van der Waals surface area contributed by atoms with E-state index >= 15 is 0 Å². The van der Waals surface area contributed by atoms with Crippen LogP contribution in [0, 0.1) is 12.7 Å². The van der Waals surface area contributed by atoms with E-state index < -0.39 is 5.82 Å². The van der Waals surface area contributed by atoms with Crippen LogP contribution in [0.2, 0.25) is 0 Å². The van der Waals surface area contributed by atoms with Crippen molar-refractivity contribution in [3.63, 3.8) is 0 Å². The Kier molecular flexibility index (Phi) is 5.00. The maximum atomic E-state index is 12.9. The number of carbonyl (C=O) groups excluding carboxylic acids is 2. The Hall–Kier alpha value is -2.86. The molecule has 1 aromatic heterocycles. The van der Waals surface area contributed by atoms with Crippen molar-refractivity contribution >= 4 is 23.0 Å². The minimum absolute atomic E-state index is 0.148. The first-order valence-corrected chi connectivity index (χ1v) is 8.50. The number of aromatic nitrogens is 1. The molecule has 0 saturated heterocycles. The van der Waals surface area contributed by atoms with Crippen LogP contribution in [0.15, 0.2) is 53.9 Å². The summed E-state index contributed by atoms with van der Waals surface area (Å²) in [5, 5.41) is 5.39. The number of halogens is 1. The Morgan fingerprint density at radius 2 is 1.88 bits per heavy atom. The van der Waals surface area contributed by atoms with Crippen molar-refractivity contribution in [2.75, 3.05) is 6.54 Å². The molecule has 0 saturated carbocycles. The molecule has 0 atom stereocenters. The van der Waals surface area contributed by atoms with E-state index in [0.29, 0.717) is 11.1 Å². The van der Waals surface area contributed by atoms with E-state index in [-0.39, 0.29) is 18.2 Å². The predicted octanol–water partition coefficient (Wildman–Crippen LogP) is 3.87. The molecule has 0 aliphatic carbocycles. The molecule has 0 spiro atoms. The van der Waals surface area contributed by atoms with Crippen molar-refractivity contribution in [2.45, 2.75) is 6.92 Å². The largest absolute Gasteiger partial charge is 0.345 e. The van der Waals surface area contributed by atoms with Crippen LogP contribution < -0.4 is 5.32 Å². The van der Waals surface area contributed by atoms with E-state index in [0.717, 1.165) is 16.3 Å². The number of thiazole rings is 1. The summed E-state index contributed by atoms with van der Waals surface area (Å²) in [6, 6.07) is 12.3. The van der Waals surface area contributed by atoms with Gasteiger partial charge in [0.1, 0.15) is 10.8 Å². The Morgan fingerprint density at radius 3 is 2.56 bits per heavy atom. The number of rotatable bonds is 5. The van der Waals surface area contributed by atoms with E-state index in [9.17, 15) is 14.0 Å². The molecule has 1 heterocycles. The quantitative estimate of drug-likeness (QED) is 0.708. The van der Waals surface area contributed by atoms with Crippen molar-refractivity contribution < 1.29 is 14.0 Å². The number of nitrogens with zero attached hydrogens (tertiary/aromatic N) is 1. The fourth-order valence-corrected chi connectivity index (χ4v) is 3.08. The van der Waals surface area contributed by atoms with Gasteiger partial charge < -0.3 is 5.32 Å². The fraction of sp³-hybridized carbons (Fsp3) is 0.105. The van der Waals surface area contributed by atoms with Gasteiger partial charge in [0.2, 0.25) is 0 Å². The zero-order valence-electron chi connectivity index (χ0n) is 13.5. The summed E-state index contributed by atoms with van der Waals surface area (Å²) in [5.74, 6) is -1.03. The van der Waals surface area contributed by atoms with Gasteiger partial charge in [-0.15, -0.1) is 11.3 Å². The van der Waals surface area contributed by atoms with Gasteiger partial charge in [-0.25, -0.2) is 9.37 Å². The lowest BCUT2D eigenvalue weighted by atomic mass is 10.1. The summed E-state index contributed by atoms with van der Waals surface area (Å²) in [6.07, 6.45) is 0. The summed E-state index contributed by atoms with van der Waals surface area (Å²) in [7, 11) is 0. The van der Waals surface area contributed by atoms with Gasteiger partial charge in [-0.1, -0.05) is 12.1 Å². The molecule has 4 nitrogen and oxygen atoms in total. The first-order chi connectivity index (χ1) is 12.0. The average Bonchev–Trinajstić information content (AvgIpc) is 3.06. The highest BCUT2D eigenvalue weighted by Crippen LogP contribution is 2.24. The second-order valence-corrected chi connectivity index (χ2v) is 6.35. The molecule has 2 aromatic carbocycles. The van der Waals surface area contributed by atoms with Crippen molar-refractivity contribution in [3.8, 4) is 10.6 Å². The highest BCUT2D eigenvalue weighted by molar-refractivity contribution is 7.13. The normalized spacial score (nSPS) is 10.5. The van der Waals surface area contributed by atoms with Gasteiger partial charge in [0.25, 0.3) is 5.91 Å². The molecule has 0 fully saturated rings. The smallest absolute Gasteiger partial charge is 0.251 e. The van der Waals surface area contributed by atoms with Gasteiger partial charge in [-0.05, 0) is 43.3 Å². The van der Waals surface area contributed by atoms with Crippen LogP contribution in [-0.4, -0.2) is 23.2 Å². The van der Waals surface area contributed by atoms with Gasteiger partial charge in [0.05, 0.1) is 6.54 Å². The fourth-order valence-electron chi connectivity index (χ4n) is 2.28. The average molecular weight is 354 g/mol. The lowest BCUT2D eigenvalue weighted by Crippen LogP contribution is -2.29. The first kappa shape index (κ1) is 17.0. The van der Waals surface area contributed by atoms with Crippen LogP contribution in [0.3, 0.4) is 0 Å². The highest BCUT2D eigenvalue weighted by Gasteiger charge is 2.11. The molecule has 3 aromatic rings. The van der Waals surface area contributed by atoms with Gasteiger partial charge >= 0.3 is 0 Å². The highest BCUT2D eigenvalue weighted by atomic mass is 32.1. The predicted molar refractivity (Wildman–Crippen MR) is 95.4 cm³/mol. The van der Waals surface area contributed by atoms with Crippen LogP contribution in [0.1, 0.15) is 26.4 Å². The monoisotopic (exact) mass is 354 g/mol. The molecule has 0 unspecified atom stereocenters. The van der Waals surface area contributed by atoms with Crippen molar-refractivity contribution in [1.29, 1.82) is 0 Å². The number of ketones is 1. The summed E-state index contributed by atoms with van der Waals surface area (Å²) < 4.78 is 12.9. The number of hydrogen-bond acceptors (Lipinski definition) is 4. The number of carbonyl (C=O) groups is 2. The lowest BCUT2D eigenvalue weighted by Gasteiger charge is -2.06. The Morgan fingerprint density at radius 1 is 1.12 bits per heavy atom. The number of amides is 1. The standard InChI is InChI=1S/C19H15FN2O2S/c1-12-11-25-19(22-12)15-4-2-3-14(9-15)18(24)21-10-17(23)13-5-7-16(20)8-6-13/h2-9,11H,10H2,1H3,(H,21,24). The summed E-state index contributed by atoms with van der Waals surface area (Å²) in [5.41, 5.74) is 2.60. The molecule has 6 heteroatoms. The molecule has 1 N–H and O–H groups in total. The zero-order valence-corrected chi connectivity index (χ0v) is 14.3. The molecule has 0 aliphatic rings. The van der Waals surface area contributed by atoms with Crippen LogP contribution in [0.5, 0.6) is 0 Å². The lowest BCUT2D eigenvalue weighted by molar-refractivity contribution is 0.0904. The van der Waals surface area contributed by atoms with Gasteiger partial charge in [-0.2, -0.15) is 0 Å². The summed E-state index contributed by atoms with van der Waals surface area (Å²) in [6.45, 7) is 1.77.